The standard InChI is InChI=1S/C34H50N4O9S2/c1-2-47-31(40)9-13-41-15-17-43-19-21-45-23-24-46-22-20-44-18-16-42-14-12-35-11-8-30(39)38-34-32(26-7-10-36-25-29(26)49-34)33-37-27-5-3-4-6-28(27)48-33/h3-6,35-36H,2,7-25H2,1H3,(H,38,39). The zero-order chi connectivity index (χ0) is 34.4. The van der Waals surface area contributed by atoms with Gasteiger partial charge in [0.05, 0.1) is 103 Å². The number of ether oxygens (including phenoxy) is 7. The fraction of sp³-hybridized carbons (Fsp3) is 0.618. The minimum absolute atomic E-state index is 0.0128. The van der Waals surface area contributed by atoms with Crippen LogP contribution in [0, 0.1) is 0 Å². The van der Waals surface area contributed by atoms with Crippen LogP contribution in [0.3, 0.4) is 0 Å². The van der Waals surface area contributed by atoms with Gasteiger partial charge in [0.15, 0.2) is 0 Å². The Balaban J connectivity index is 0.931. The van der Waals surface area contributed by atoms with Gasteiger partial charge >= 0.3 is 5.97 Å². The highest BCUT2D eigenvalue weighted by molar-refractivity contribution is 7.22. The number of nitrogens with zero attached hydrogens (tertiary/aromatic N) is 1. The molecule has 1 aliphatic heterocycles. The number of hydrogen-bond acceptors (Lipinski definition) is 14. The molecule has 3 heterocycles. The summed E-state index contributed by atoms with van der Waals surface area (Å²) in [5.74, 6) is -0.265. The van der Waals surface area contributed by atoms with E-state index in [1.165, 1.54) is 10.4 Å². The Bertz CT molecular complexity index is 1350. The molecule has 0 atom stereocenters. The number of anilines is 1. The van der Waals surface area contributed by atoms with E-state index < -0.39 is 0 Å². The third-order valence-electron chi connectivity index (χ3n) is 7.26. The Kier molecular flexibility index (Phi) is 19.0. The van der Waals surface area contributed by atoms with Gasteiger partial charge in [-0.15, -0.1) is 22.7 Å². The first-order valence-electron chi connectivity index (χ1n) is 17.0. The van der Waals surface area contributed by atoms with E-state index in [1.54, 1.807) is 29.6 Å². The molecule has 3 aromatic rings. The van der Waals surface area contributed by atoms with Crippen molar-refractivity contribution in [2.24, 2.45) is 0 Å². The zero-order valence-electron chi connectivity index (χ0n) is 28.4. The molecular weight excluding hydrogens is 673 g/mol. The third-order valence-corrected chi connectivity index (χ3v) is 9.46. The molecule has 0 spiro atoms. The maximum Gasteiger partial charge on any atom is 0.308 e. The SMILES string of the molecule is CCOC(=O)CCOCCOCCOCCOCCOCCOCCNCCC(=O)Nc1sc2c(c1-c1nc3ccccc3s1)CCNC2. The number of carbonyl (C=O) groups is 2. The number of nitrogens with one attached hydrogen (secondary N) is 3. The van der Waals surface area contributed by atoms with Crippen LogP contribution in [0.1, 0.15) is 30.2 Å². The van der Waals surface area contributed by atoms with Gasteiger partial charge in [-0.25, -0.2) is 4.98 Å². The first-order valence-corrected chi connectivity index (χ1v) is 18.6. The first-order chi connectivity index (χ1) is 24.2. The maximum absolute atomic E-state index is 12.9. The molecule has 1 amide bonds. The van der Waals surface area contributed by atoms with Gasteiger partial charge in [-0.1, -0.05) is 12.1 Å². The van der Waals surface area contributed by atoms with Gasteiger partial charge in [-0.05, 0) is 37.6 Å². The Hall–Kier alpha value is -2.57. The van der Waals surface area contributed by atoms with Crippen LogP contribution < -0.4 is 16.0 Å². The summed E-state index contributed by atoms with van der Waals surface area (Å²) in [6.07, 6.45) is 1.56. The molecule has 4 rings (SSSR count). The van der Waals surface area contributed by atoms with Crippen LogP contribution in [0.5, 0.6) is 0 Å². The van der Waals surface area contributed by atoms with Gasteiger partial charge in [0.1, 0.15) is 10.0 Å². The molecule has 272 valence electrons. The molecule has 0 saturated heterocycles. The van der Waals surface area contributed by atoms with Crippen LogP contribution in [0.2, 0.25) is 0 Å². The normalized spacial score (nSPS) is 12.8. The molecule has 1 aromatic carbocycles. The van der Waals surface area contributed by atoms with Crippen LogP contribution >= 0.6 is 22.7 Å². The number of rotatable bonds is 27. The molecule has 49 heavy (non-hydrogen) atoms. The molecule has 1 aliphatic rings. The topological polar surface area (TPSA) is 148 Å². The average Bonchev–Trinajstić information content (AvgIpc) is 3.69. The van der Waals surface area contributed by atoms with E-state index in [1.807, 2.05) is 18.2 Å². The summed E-state index contributed by atoms with van der Waals surface area (Å²) in [5, 5.41) is 11.8. The number of para-hydroxylation sites is 1. The summed E-state index contributed by atoms with van der Waals surface area (Å²) in [4.78, 5) is 30.2. The number of esters is 1. The number of hydrogen-bond donors (Lipinski definition) is 3. The Morgan fingerprint density at radius 3 is 2.08 bits per heavy atom. The van der Waals surface area contributed by atoms with Crippen molar-refractivity contribution in [3.05, 3.63) is 34.7 Å². The van der Waals surface area contributed by atoms with Crippen molar-refractivity contribution < 1.29 is 42.7 Å². The summed E-state index contributed by atoms with van der Waals surface area (Å²) in [6, 6.07) is 8.16. The molecule has 0 bridgehead atoms. The second-order valence-electron chi connectivity index (χ2n) is 10.9. The largest absolute Gasteiger partial charge is 0.466 e. The third kappa shape index (κ3) is 14.7. The van der Waals surface area contributed by atoms with E-state index in [4.69, 9.17) is 38.1 Å². The molecule has 15 heteroatoms. The Morgan fingerprint density at radius 2 is 1.43 bits per heavy atom. The second kappa shape index (κ2) is 23.8. The van der Waals surface area contributed by atoms with Crippen molar-refractivity contribution >= 4 is 49.8 Å². The average molecular weight is 723 g/mol. The summed E-state index contributed by atoms with van der Waals surface area (Å²) < 4.78 is 38.8. The lowest BCUT2D eigenvalue weighted by atomic mass is 10.0. The van der Waals surface area contributed by atoms with Crippen molar-refractivity contribution in [1.82, 2.24) is 15.6 Å². The van der Waals surface area contributed by atoms with Gasteiger partial charge < -0.3 is 49.1 Å². The van der Waals surface area contributed by atoms with E-state index in [9.17, 15) is 9.59 Å². The predicted octanol–water partition coefficient (Wildman–Crippen LogP) is 3.64. The van der Waals surface area contributed by atoms with E-state index in [2.05, 4.69) is 22.0 Å². The smallest absolute Gasteiger partial charge is 0.308 e. The first kappa shape index (κ1) is 39.2. The number of benzene rings is 1. The summed E-state index contributed by atoms with van der Waals surface area (Å²) in [5.41, 5.74) is 3.38. The molecule has 0 aliphatic carbocycles. The molecule has 2 aromatic heterocycles. The van der Waals surface area contributed by atoms with E-state index in [0.29, 0.717) is 105 Å². The van der Waals surface area contributed by atoms with Crippen molar-refractivity contribution in [2.75, 3.05) is 111 Å². The monoisotopic (exact) mass is 722 g/mol. The quantitative estimate of drug-likeness (QED) is 0.0780. The lowest BCUT2D eigenvalue weighted by molar-refractivity contribution is -0.144. The fourth-order valence-corrected chi connectivity index (χ4v) is 7.22. The number of amides is 1. The van der Waals surface area contributed by atoms with E-state index in [-0.39, 0.29) is 18.3 Å². The van der Waals surface area contributed by atoms with Crippen molar-refractivity contribution in [3.63, 3.8) is 0 Å². The Labute approximate surface area is 296 Å². The number of fused-ring (bicyclic) bond motifs is 2. The van der Waals surface area contributed by atoms with Crippen LogP contribution in [-0.4, -0.2) is 122 Å². The van der Waals surface area contributed by atoms with Crippen LogP contribution in [0.15, 0.2) is 24.3 Å². The molecule has 3 N–H and O–H groups in total. The predicted molar refractivity (Wildman–Crippen MR) is 191 cm³/mol. The molecule has 0 radical (unpaired) electrons. The summed E-state index contributed by atoms with van der Waals surface area (Å²) in [7, 11) is 0. The van der Waals surface area contributed by atoms with E-state index >= 15 is 0 Å². The highest BCUT2D eigenvalue weighted by atomic mass is 32.1. The second-order valence-corrected chi connectivity index (χ2v) is 13.0. The van der Waals surface area contributed by atoms with Crippen molar-refractivity contribution in [1.29, 1.82) is 0 Å². The summed E-state index contributed by atoms with van der Waals surface area (Å²) in [6.45, 7) is 10.7. The van der Waals surface area contributed by atoms with Crippen molar-refractivity contribution in [3.8, 4) is 10.6 Å². The van der Waals surface area contributed by atoms with Crippen LogP contribution in [0.25, 0.3) is 20.8 Å². The maximum atomic E-state index is 12.9. The Morgan fingerprint density at radius 1 is 0.796 bits per heavy atom. The number of thiophene rings is 1. The van der Waals surface area contributed by atoms with Crippen molar-refractivity contribution in [2.45, 2.75) is 32.7 Å². The molecule has 0 fully saturated rings. The lowest BCUT2D eigenvalue weighted by Gasteiger charge is -2.13. The van der Waals surface area contributed by atoms with Gasteiger partial charge in [-0.2, -0.15) is 0 Å². The van der Waals surface area contributed by atoms with Crippen LogP contribution in [-0.2, 0) is 55.7 Å². The molecular formula is C34H50N4O9S2. The van der Waals surface area contributed by atoms with Gasteiger partial charge in [0, 0.05) is 36.5 Å². The zero-order valence-corrected chi connectivity index (χ0v) is 30.0. The molecule has 0 unspecified atom stereocenters. The number of thiazole rings is 1. The van der Waals surface area contributed by atoms with Gasteiger partial charge in [-0.3, -0.25) is 9.59 Å². The highest BCUT2D eigenvalue weighted by Gasteiger charge is 2.25. The minimum Gasteiger partial charge on any atom is -0.466 e. The van der Waals surface area contributed by atoms with E-state index in [0.717, 1.165) is 45.3 Å². The van der Waals surface area contributed by atoms with Gasteiger partial charge in [0.25, 0.3) is 0 Å². The summed E-state index contributed by atoms with van der Waals surface area (Å²) >= 11 is 3.33. The minimum atomic E-state index is -0.252. The highest BCUT2D eigenvalue weighted by Crippen LogP contribution is 2.44. The lowest BCUT2D eigenvalue weighted by Crippen LogP contribution is -2.25. The number of aromatic nitrogens is 1. The number of carbonyl (C=O) groups excluding carboxylic acids is 2. The van der Waals surface area contributed by atoms with Gasteiger partial charge in [0.2, 0.25) is 5.91 Å². The molecule has 0 saturated carbocycles. The fourth-order valence-electron chi connectivity index (χ4n) is 4.88. The molecule has 13 nitrogen and oxygen atoms in total. The van der Waals surface area contributed by atoms with Crippen LogP contribution in [0.4, 0.5) is 5.00 Å².